The molecule has 21 heavy (non-hydrogen) atoms. The molecule has 1 aliphatic heterocycles. The number of rotatable bonds is 4. The quantitative estimate of drug-likeness (QED) is 0.441. The number of guanidine groups is 1. The maximum absolute atomic E-state index is 4.48. The fraction of sp³-hybridized carbons (Fsp3) is 0.938. The van der Waals surface area contributed by atoms with Crippen molar-refractivity contribution in [2.24, 2.45) is 10.4 Å². The first-order valence-electron chi connectivity index (χ1n) is 8.33. The van der Waals surface area contributed by atoms with E-state index in [1.807, 2.05) is 7.05 Å². The molecule has 0 aromatic carbocycles. The molecule has 2 rings (SSSR count). The normalized spacial score (nSPS) is 21.7. The van der Waals surface area contributed by atoms with Crippen molar-refractivity contribution in [2.45, 2.75) is 45.4 Å². The van der Waals surface area contributed by atoms with Crippen LogP contribution in [0.2, 0.25) is 0 Å². The smallest absolute Gasteiger partial charge is 0.193 e. The minimum atomic E-state index is 0. The molecule has 4 nitrogen and oxygen atoms in total. The van der Waals surface area contributed by atoms with Gasteiger partial charge in [-0.2, -0.15) is 0 Å². The highest BCUT2D eigenvalue weighted by Gasteiger charge is 2.39. The van der Waals surface area contributed by atoms with E-state index in [1.54, 1.807) is 0 Å². The van der Waals surface area contributed by atoms with Gasteiger partial charge in [0.05, 0.1) is 0 Å². The van der Waals surface area contributed by atoms with Gasteiger partial charge in [-0.05, 0) is 38.3 Å². The van der Waals surface area contributed by atoms with Crippen molar-refractivity contribution in [3.8, 4) is 0 Å². The molecule has 0 aromatic rings. The van der Waals surface area contributed by atoms with E-state index in [1.165, 1.54) is 51.6 Å². The van der Waals surface area contributed by atoms with E-state index in [2.05, 4.69) is 34.1 Å². The zero-order valence-electron chi connectivity index (χ0n) is 14.0. The second kappa shape index (κ2) is 9.18. The standard InChI is InChI=1S/C16H32N4.HI/c1-4-19(3)13-11-18-15(17-2)20-12-10-16(14-20)8-6-5-7-9-16;/h4-14H2,1-3H3,(H,17,18);1H. The van der Waals surface area contributed by atoms with Gasteiger partial charge in [0.2, 0.25) is 0 Å². The zero-order chi connectivity index (χ0) is 14.4. The Kier molecular flexibility index (Phi) is 8.31. The number of hydrogen-bond acceptors (Lipinski definition) is 2. The van der Waals surface area contributed by atoms with Crippen LogP contribution in [-0.2, 0) is 0 Å². The average molecular weight is 408 g/mol. The summed E-state index contributed by atoms with van der Waals surface area (Å²) in [4.78, 5) is 9.29. The number of likely N-dealkylation sites (tertiary alicyclic amines) is 1. The summed E-state index contributed by atoms with van der Waals surface area (Å²) in [6.45, 7) is 7.77. The Labute approximate surface area is 147 Å². The molecular weight excluding hydrogens is 375 g/mol. The molecule has 0 aromatic heterocycles. The van der Waals surface area contributed by atoms with Crippen LogP contribution in [0.3, 0.4) is 0 Å². The Bertz CT molecular complexity index is 326. The molecule has 1 aliphatic carbocycles. The van der Waals surface area contributed by atoms with Crippen molar-refractivity contribution in [1.82, 2.24) is 15.1 Å². The monoisotopic (exact) mass is 408 g/mol. The van der Waals surface area contributed by atoms with Gasteiger partial charge in [-0.1, -0.05) is 26.2 Å². The van der Waals surface area contributed by atoms with E-state index in [9.17, 15) is 0 Å². The molecular formula is C16H33IN4. The van der Waals surface area contributed by atoms with Gasteiger partial charge >= 0.3 is 0 Å². The maximum Gasteiger partial charge on any atom is 0.193 e. The molecule has 5 heteroatoms. The van der Waals surface area contributed by atoms with Crippen molar-refractivity contribution >= 4 is 29.9 Å². The van der Waals surface area contributed by atoms with Gasteiger partial charge in [0, 0.05) is 33.2 Å². The molecule has 1 spiro atoms. The third kappa shape index (κ3) is 5.27. The SMILES string of the molecule is CCN(C)CCNC(=NC)N1CCC2(CCCCC2)C1.I. The topological polar surface area (TPSA) is 30.9 Å². The number of halogens is 1. The molecule has 0 atom stereocenters. The van der Waals surface area contributed by atoms with E-state index in [4.69, 9.17) is 0 Å². The minimum absolute atomic E-state index is 0. The molecule has 0 radical (unpaired) electrons. The number of nitrogens with zero attached hydrogens (tertiary/aromatic N) is 3. The Balaban J connectivity index is 0.00000220. The molecule has 1 heterocycles. The number of hydrogen-bond donors (Lipinski definition) is 1. The molecule has 2 aliphatic rings. The highest BCUT2D eigenvalue weighted by atomic mass is 127. The molecule has 124 valence electrons. The van der Waals surface area contributed by atoms with Crippen LogP contribution in [0.1, 0.15) is 45.4 Å². The lowest BCUT2D eigenvalue weighted by molar-refractivity contribution is 0.203. The predicted molar refractivity (Wildman–Crippen MR) is 102 cm³/mol. The van der Waals surface area contributed by atoms with Gasteiger partial charge in [-0.3, -0.25) is 4.99 Å². The Morgan fingerprint density at radius 3 is 2.57 bits per heavy atom. The summed E-state index contributed by atoms with van der Waals surface area (Å²) in [6, 6.07) is 0. The molecule has 0 amide bonds. The summed E-state index contributed by atoms with van der Waals surface area (Å²) in [6.07, 6.45) is 8.53. The third-order valence-corrected chi connectivity index (χ3v) is 5.18. The average Bonchev–Trinajstić information content (AvgIpc) is 2.87. The zero-order valence-corrected chi connectivity index (χ0v) is 16.4. The first-order valence-corrected chi connectivity index (χ1v) is 8.33. The first kappa shape index (κ1) is 19.0. The minimum Gasteiger partial charge on any atom is -0.355 e. The van der Waals surface area contributed by atoms with Crippen molar-refractivity contribution in [3.05, 3.63) is 0 Å². The molecule has 0 bridgehead atoms. The van der Waals surface area contributed by atoms with Crippen LogP contribution in [-0.4, -0.2) is 62.6 Å². The molecule has 2 fully saturated rings. The Morgan fingerprint density at radius 2 is 1.95 bits per heavy atom. The lowest BCUT2D eigenvalue weighted by Crippen LogP contribution is -2.43. The summed E-state index contributed by atoms with van der Waals surface area (Å²) < 4.78 is 0. The van der Waals surface area contributed by atoms with Gasteiger partial charge < -0.3 is 15.1 Å². The Morgan fingerprint density at radius 1 is 1.24 bits per heavy atom. The van der Waals surface area contributed by atoms with E-state index in [0.717, 1.165) is 25.6 Å². The van der Waals surface area contributed by atoms with Gasteiger partial charge in [0.1, 0.15) is 0 Å². The Hall–Kier alpha value is -0.0400. The number of nitrogens with one attached hydrogen (secondary N) is 1. The van der Waals surface area contributed by atoms with Crippen LogP contribution in [0.4, 0.5) is 0 Å². The van der Waals surface area contributed by atoms with Gasteiger partial charge in [0.25, 0.3) is 0 Å². The van der Waals surface area contributed by atoms with Crippen molar-refractivity contribution in [1.29, 1.82) is 0 Å². The fourth-order valence-electron chi connectivity index (χ4n) is 3.67. The van der Waals surface area contributed by atoms with Crippen LogP contribution >= 0.6 is 24.0 Å². The summed E-state index contributed by atoms with van der Waals surface area (Å²) in [7, 11) is 4.08. The van der Waals surface area contributed by atoms with E-state index in [0.29, 0.717) is 5.41 Å². The number of likely N-dealkylation sites (N-methyl/N-ethyl adjacent to an activating group) is 1. The van der Waals surface area contributed by atoms with Crippen LogP contribution in [0, 0.1) is 5.41 Å². The molecule has 1 saturated heterocycles. The highest BCUT2D eigenvalue weighted by Crippen LogP contribution is 2.43. The summed E-state index contributed by atoms with van der Waals surface area (Å²) >= 11 is 0. The molecule has 1 saturated carbocycles. The molecule has 0 unspecified atom stereocenters. The van der Waals surface area contributed by atoms with E-state index < -0.39 is 0 Å². The summed E-state index contributed by atoms with van der Waals surface area (Å²) in [5.41, 5.74) is 0.607. The first-order chi connectivity index (χ1) is 9.69. The fourth-order valence-corrected chi connectivity index (χ4v) is 3.67. The van der Waals surface area contributed by atoms with Crippen molar-refractivity contribution in [2.75, 3.05) is 46.8 Å². The van der Waals surface area contributed by atoms with Crippen LogP contribution in [0.15, 0.2) is 4.99 Å². The van der Waals surface area contributed by atoms with E-state index in [-0.39, 0.29) is 24.0 Å². The molecule has 1 N–H and O–H groups in total. The third-order valence-electron chi connectivity index (χ3n) is 5.18. The summed E-state index contributed by atoms with van der Waals surface area (Å²) in [5.74, 6) is 1.11. The lowest BCUT2D eigenvalue weighted by Gasteiger charge is -2.33. The van der Waals surface area contributed by atoms with Crippen LogP contribution < -0.4 is 5.32 Å². The van der Waals surface area contributed by atoms with Crippen LogP contribution in [0.25, 0.3) is 0 Å². The lowest BCUT2D eigenvalue weighted by atomic mass is 9.73. The predicted octanol–water partition coefficient (Wildman–Crippen LogP) is 2.79. The number of aliphatic imine (C=N–C) groups is 1. The second-order valence-electron chi connectivity index (χ2n) is 6.60. The summed E-state index contributed by atoms with van der Waals surface area (Å²) in [5, 5.41) is 3.53. The van der Waals surface area contributed by atoms with Gasteiger partial charge in [0.15, 0.2) is 5.96 Å². The maximum atomic E-state index is 4.48. The van der Waals surface area contributed by atoms with Crippen molar-refractivity contribution in [3.63, 3.8) is 0 Å². The van der Waals surface area contributed by atoms with Gasteiger partial charge in [-0.25, -0.2) is 0 Å². The largest absolute Gasteiger partial charge is 0.355 e. The second-order valence-corrected chi connectivity index (χ2v) is 6.60. The van der Waals surface area contributed by atoms with Crippen LogP contribution in [0.5, 0.6) is 0 Å². The van der Waals surface area contributed by atoms with Crippen molar-refractivity contribution < 1.29 is 0 Å². The van der Waals surface area contributed by atoms with E-state index >= 15 is 0 Å². The van der Waals surface area contributed by atoms with Gasteiger partial charge in [-0.15, -0.1) is 24.0 Å². The highest BCUT2D eigenvalue weighted by molar-refractivity contribution is 14.0.